The summed E-state index contributed by atoms with van der Waals surface area (Å²) in [6.07, 6.45) is 11.8. The third-order valence-corrected chi connectivity index (χ3v) is 9.36. The van der Waals surface area contributed by atoms with E-state index < -0.39 is 37.3 Å². The molecule has 0 aromatic heterocycles. The van der Waals surface area contributed by atoms with Crippen molar-refractivity contribution in [1.29, 1.82) is 0 Å². The number of allylic oxidation sites excluding steroid dienone is 1. The van der Waals surface area contributed by atoms with Gasteiger partial charge in [-0.25, -0.2) is 0 Å². The summed E-state index contributed by atoms with van der Waals surface area (Å²) >= 11 is 0. The molecule has 3 aliphatic rings. The maximum atomic E-state index is 10.4. The van der Waals surface area contributed by atoms with Gasteiger partial charge in [0.05, 0.1) is 24.1 Å². The van der Waals surface area contributed by atoms with Gasteiger partial charge in [0, 0.05) is 12.3 Å². The van der Waals surface area contributed by atoms with Gasteiger partial charge in [0.2, 0.25) is 6.29 Å². The minimum Gasteiger partial charge on any atom is -0.467 e. The van der Waals surface area contributed by atoms with Crippen LogP contribution in [0.15, 0.2) is 11.8 Å². The van der Waals surface area contributed by atoms with E-state index in [2.05, 4.69) is 34.6 Å². The first-order valence-electron chi connectivity index (χ1n) is 15.9. The highest BCUT2D eigenvalue weighted by Gasteiger charge is 2.47. The van der Waals surface area contributed by atoms with E-state index in [-0.39, 0.29) is 17.6 Å². The number of hydrogen-bond acceptors (Lipinski definition) is 7. The second-order valence-corrected chi connectivity index (χ2v) is 13.6. The fourth-order valence-corrected chi connectivity index (χ4v) is 6.74. The lowest BCUT2D eigenvalue weighted by molar-refractivity contribution is -0.293. The molecule has 0 radical (unpaired) electrons. The molecule has 0 amide bonds. The summed E-state index contributed by atoms with van der Waals surface area (Å²) in [5.74, 6) is 2.81. The van der Waals surface area contributed by atoms with Gasteiger partial charge in [-0.15, -0.1) is 0 Å². The van der Waals surface area contributed by atoms with Crippen molar-refractivity contribution in [3.05, 3.63) is 11.8 Å². The zero-order valence-electron chi connectivity index (χ0n) is 25.3. The largest absolute Gasteiger partial charge is 0.467 e. The summed E-state index contributed by atoms with van der Waals surface area (Å²) in [6.45, 7) is 11.0. The number of fused-ring (bicyclic) bond motifs is 1. The molecule has 2 heterocycles. The van der Waals surface area contributed by atoms with Gasteiger partial charge in [0.15, 0.2) is 0 Å². The van der Waals surface area contributed by atoms with Crippen molar-refractivity contribution in [2.24, 2.45) is 23.7 Å². The van der Waals surface area contributed by atoms with E-state index in [1.54, 1.807) is 0 Å². The molecule has 39 heavy (non-hydrogen) atoms. The van der Waals surface area contributed by atoms with Crippen LogP contribution in [0.4, 0.5) is 0 Å². The van der Waals surface area contributed by atoms with Gasteiger partial charge in [-0.2, -0.15) is 0 Å². The molecule has 0 aromatic rings. The first kappa shape index (κ1) is 32.8. The van der Waals surface area contributed by atoms with Crippen LogP contribution in [0.5, 0.6) is 0 Å². The topological polar surface area (TPSA) is 109 Å². The lowest BCUT2D eigenvalue weighted by Crippen LogP contribution is -2.59. The van der Waals surface area contributed by atoms with Crippen molar-refractivity contribution in [3.8, 4) is 0 Å². The van der Waals surface area contributed by atoms with E-state index in [1.165, 1.54) is 57.8 Å². The molecule has 0 saturated carbocycles. The molecule has 2 aliphatic heterocycles. The molecule has 228 valence electrons. The number of aliphatic hydroxyl groups is 4. The minimum absolute atomic E-state index is 0.0883. The van der Waals surface area contributed by atoms with Crippen LogP contribution < -0.4 is 0 Å². The fraction of sp³-hybridized carbons (Fsp3) is 0.938. The predicted molar refractivity (Wildman–Crippen MR) is 153 cm³/mol. The van der Waals surface area contributed by atoms with E-state index >= 15 is 0 Å². The number of hydrogen-bond donors (Lipinski definition) is 4. The summed E-state index contributed by atoms with van der Waals surface area (Å²) in [5.41, 5.74) is -0.0883. The second kappa shape index (κ2) is 15.5. The van der Waals surface area contributed by atoms with Gasteiger partial charge in [-0.05, 0) is 50.0 Å². The predicted octanol–water partition coefficient (Wildman–Crippen LogP) is 5.47. The standard InChI is InChI=1S/C32H58O7/c1-21(2)12-9-7-6-8-10-13-22(3)14-11-16-32(5)17-15-24-19-25(18-23(4)30(24)39-32)37-31-29(36)28(35)27(34)26(20-33)38-31/h18,21-24,26-31,33-36H,6-17,19-20H2,1-5H3. The molecular formula is C32H58O7. The molecule has 2 fully saturated rings. The number of ether oxygens (including phenoxy) is 3. The third-order valence-electron chi connectivity index (χ3n) is 9.36. The van der Waals surface area contributed by atoms with Crippen molar-refractivity contribution in [2.45, 2.75) is 161 Å². The molecule has 10 unspecified atom stereocenters. The Kier molecular flexibility index (Phi) is 13.0. The molecule has 7 heteroatoms. The summed E-state index contributed by atoms with van der Waals surface area (Å²) in [7, 11) is 0. The number of unbranched alkanes of at least 4 members (excludes halogenated alkanes) is 4. The zero-order chi connectivity index (χ0) is 28.6. The molecule has 7 nitrogen and oxygen atoms in total. The van der Waals surface area contributed by atoms with Crippen LogP contribution in [0.25, 0.3) is 0 Å². The monoisotopic (exact) mass is 554 g/mol. The van der Waals surface area contributed by atoms with Gasteiger partial charge in [0.1, 0.15) is 24.4 Å². The summed E-state index contributed by atoms with van der Waals surface area (Å²) in [5, 5.41) is 39.9. The molecule has 1 aliphatic carbocycles. The zero-order valence-corrected chi connectivity index (χ0v) is 25.3. The van der Waals surface area contributed by atoms with Crippen LogP contribution in [0, 0.1) is 23.7 Å². The lowest BCUT2D eigenvalue weighted by atomic mass is 9.75. The van der Waals surface area contributed by atoms with E-state index in [1.807, 2.05) is 6.08 Å². The highest BCUT2D eigenvalue weighted by atomic mass is 16.7. The van der Waals surface area contributed by atoms with E-state index in [0.717, 1.165) is 31.1 Å². The van der Waals surface area contributed by atoms with Crippen molar-refractivity contribution in [3.63, 3.8) is 0 Å². The van der Waals surface area contributed by atoms with Gasteiger partial charge >= 0.3 is 0 Å². The van der Waals surface area contributed by atoms with Gasteiger partial charge in [-0.3, -0.25) is 0 Å². The van der Waals surface area contributed by atoms with Gasteiger partial charge < -0.3 is 34.6 Å². The summed E-state index contributed by atoms with van der Waals surface area (Å²) in [6, 6.07) is 0. The van der Waals surface area contributed by atoms with Crippen molar-refractivity contribution >= 4 is 0 Å². The first-order valence-corrected chi connectivity index (χ1v) is 15.9. The highest BCUT2D eigenvalue weighted by Crippen LogP contribution is 2.44. The van der Waals surface area contributed by atoms with Crippen LogP contribution >= 0.6 is 0 Å². The summed E-state index contributed by atoms with van der Waals surface area (Å²) in [4.78, 5) is 0. The molecule has 0 bridgehead atoms. The Balaban J connectivity index is 1.39. The van der Waals surface area contributed by atoms with Crippen molar-refractivity contribution in [1.82, 2.24) is 0 Å². The highest BCUT2D eigenvalue weighted by molar-refractivity contribution is 5.09. The van der Waals surface area contributed by atoms with Crippen molar-refractivity contribution in [2.75, 3.05) is 6.61 Å². The Morgan fingerprint density at radius 1 is 0.949 bits per heavy atom. The van der Waals surface area contributed by atoms with Gasteiger partial charge in [-0.1, -0.05) is 85.5 Å². The molecule has 4 N–H and O–H groups in total. The lowest BCUT2D eigenvalue weighted by Gasteiger charge is -2.48. The average Bonchev–Trinajstić information content (AvgIpc) is 2.89. The molecule has 10 atom stereocenters. The Bertz CT molecular complexity index is 740. The Labute approximate surface area is 237 Å². The normalized spacial score (nSPS) is 37.8. The molecule has 2 saturated heterocycles. The Morgan fingerprint density at radius 2 is 1.62 bits per heavy atom. The number of aliphatic hydroxyl groups excluding tert-OH is 4. The second-order valence-electron chi connectivity index (χ2n) is 13.6. The van der Waals surface area contributed by atoms with Crippen LogP contribution in [-0.4, -0.2) is 69.4 Å². The Morgan fingerprint density at radius 3 is 2.31 bits per heavy atom. The summed E-state index contributed by atoms with van der Waals surface area (Å²) < 4.78 is 18.3. The fourth-order valence-electron chi connectivity index (χ4n) is 6.74. The van der Waals surface area contributed by atoms with Crippen LogP contribution in [0.2, 0.25) is 0 Å². The van der Waals surface area contributed by atoms with E-state index in [4.69, 9.17) is 14.2 Å². The van der Waals surface area contributed by atoms with Gasteiger partial charge in [0.25, 0.3) is 0 Å². The van der Waals surface area contributed by atoms with Crippen molar-refractivity contribution < 1.29 is 34.6 Å². The maximum Gasteiger partial charge on any atom is 0.228 e. The first-order chi connectivity index (χ1) is 18.5. The third kappa shape index (κ3) is 9.68. The maximum absolute atomic E-state index is 10.4. The number of rotatable bonds is 15. The molecule has 0 aromatic carbocycles. The molecular weight excluding hydrogens is 496 g/mol. The average molecular weight is 555 g/mol. The smallest absolute Gasteiger partial charge is 0.228 e. The SMILES string of the molecule is CC(C)CCCCCCCC(C)CCCC1(C)CCC2CC(OC3OC(CO)C(O)C(O)C3O)=CC(C)C2O1. The molecule has 0 spiro atoms. The van der Waals surface area contributed by atoms with E-state index in [9.17, 15) is 20.4 Å². The van der Waals surface area contributed by atoms with Crippen LogP contribution in [0.3, 0.4) is 0 Å². The Hall–Kier alpha value is -0.700. The minimum atomic E-state index is -1.43. The quantitative estimate of drug-likeness (QED) is 0.199. The van der Waals surface area contributed by atoms with E-state index in [0.29, 0.717) is 18.1 Å². The van der Waals surface area contributed by atoms with Crippen LogP contribution in [0.1, 0.15) is 118 Å². The van der Waals surface area contributed by atoms with Crippen LogP contribution in [-0.2, 0) is 14.2 Å². The molecule has 3 rings (SSSR count).